The van der Waals surface area contributed by atoms with Crippen LogP contribution in [0.1, 0.15) is 6.92 Å². The zero-order valence-electron chi connectivity index (χ0n) is 7.32. The summed E-state index contributed by atoms with van der Waals surface area (Å²) in [6.07, 6.45) is -5.32. The largest absolute Gasteiger partial charge is 0.419 e. The van der Waals surface area contributed by atoms with Gasteiger partial charge in [0.15, 0.2) is 30.4 Å². The van der Waals surface area contributed by atoms with E-state index in [9.17, 15) is 30.0 Å². The lowest BCUT2D eigenvalue weighted by Crippen LogP contribution is -2.65. The Kier molecular flexibility index (Phi) is 2.42. The first-order chi connectivity index (χ1) is 6.32. The summed E-state index contributed by atoms with van der Waals surface area (Å²) in [5.74, 6) is 0. The van der Waals surface area contributed by atoms with Gasteiger partial charge in [0.25, 0.3) is 0 Å². The number of hydrogen-bond donors (Lipinski definition) is 1. The van der Waals surface area contributed by atoms with Gasteiger partial charge >= 0.3 is 6.18 Å². The Morgan fingerprint density at radius 1 is 1.13 bits per heavy atom. The van der Waals surface area contributed by atoms with Crippen LogP contribution in [0.25, 0.3) is 0 Å². The second-order valence-electron chi connectivity index (χ2n) is 3.42. The molecule has 0 aromatic heterocycles. The molecule has 90 valence electrons. The molecular formula is C5H7F3O5S2. The second-order valence-corrected chi connectivity index (χ2v) is 8.26. The quantitative estimate of drug-likeness (QED) is 0.687. The average Bonchev–Trinajstić information content (AvgIpc) is 1.75. The lowest BCUT2D eigenvalue weighted by Gasteiger charge is -2.38. The molecule has 1 heterocycles. The van der Waals surface area contributed by atoms with Crippen molar-refractivity contribution in [2.24, 2.45) is 0 Å². The summed E-state index contributed by atoms with van der Waals surface area (Å²) in [5, 5.41) is 7.61. The van der Waals surface area contributed by atoms with Crippen molar-refractivity contribution in [3.8, 4) is 0 Å². The fourth-order valence-electron chi connectivity index (χ4n) is 1.33. The van der Waals surface area contributed by atoms with E-state index in [2.05, 4.69) is 0 Å². The Hall–Kier alpha value is -0.350. The van der Waals surface area contributed by atoms with Gasteiger partial charge in [-0.1, -0.05) is 0 Å². The van der Waals surface area contributed by atoms with Crippen LogP contribution in [0, 0.1) is 0 Å². The molecule has 1 aliphatic rings. The number of rotatable bonds is 1. The average molecular weight is 268 g/mol. The van der Waals surface area contributed by atoms with Gasteiger partial charge in [-0.15, -0.1) is 0 Å². The summed E-state index contributed by atoms with van der Waals surface area (Å²) in [5.41, 5.74) is -3.77. The third-order valence-electron chi connectivity index (χ3n) is 2.01. The molecule has 1 atom stereocenters. The van der Waals surface area contributed by atoms with Crippen molar-refractivity contribution in [2.45, 2.75) is 23.3 Å². The molecule has 0 aromatic carbocycles. The number of sulfone groups is 2. The Morgan fingerprint density at radius 3 is 1.60 bits per heavy atom. The summed E-state index contributed by atoms with van der Waals surface area (Å²) in [4.78, 5) is 0. The molecule has 0 spiro atoms. The molecule has 0 bridgehead atoms. The summed E-state index contributed by atoms with van der Waals surface area (Å²) < 4.78 is 77.4. The first-order valence-electron chi connectivity index (χ1n) is 3.54. The number of hydrogen-bond acceptors (Lipinski definition) is 5. The molecule has 10 heteroatoms. The third-order valence-corrected chi connectivity index (χ3v) is 8.62. The maximum absolute atomic E-state index is 12.2. The van der Waals surface area contributed by atoms with Gasteiger partial charge in [0.2, 0.25) is 4.58 Å². The summed E-state index contributed by atoms with van der Waals surface area (Å²) in [6, 6.07) is 0. The molecule has 0 aromatic rings. The minimum Gasteiger partial charge on any atom is -0.379 e. The lowest BCUT2D eigenvalue weighted by molar-refractivity contribution is -0.247. The van der Waals surface area contributed by atoms with Crippen LogP contribution in [0.3, 0.4) is 0 Å². The molecule has 0 amide bonds. The van der Waals surface area contributed by atoms with E-state index in [1.165, 1.54) is 0 Å². The van der Waals surface area contributed by atoms with Crippen LogP contribution in [-0.2, 0) is 19.7 Å². The highest BCUT2D eigenvalue weighted by molar-refractivity contribution is 8.24. The number of halogens is 3. The maximum atomic E-state index is 12.2. The van der Waals surface area contributed by atoms with E-state index < -0.39 is 41.1 Å². The van der Waals surface area contributed by atoms with Crippen molar-refractivity contribution < 1.29 is 35.1 Å². The van der Waals surface area contributed by atoms with Gasteiger partial charge in [-0.25, -0.2) is 16.8 Å². The highest BCUT2D eigenvalue weighted by Crippen LogP contribution is 2.43. The zero-order valence-corrected chi connectivity index (χ0v) is 8.95. The van der Waals surface area contributed by atoms with Gasteiger partial charge in [-0.2, -0.15) is 13.2 Å². The van der Waals surface area contributed by atoms with Gasteiger partial charge in [-0.3, -0.25) is 0 Å². The topological polar surface area (TPSA) is 88.5 Å². The Bertz CT molecular complexity index is 439. The third kappa shape index (κ3) is 1.74. The monoisotopic (exact) mass is 268 g/mol. The first-order valence-corrected chi connectivity index (χ1v) is 6.98. The van der Waals surface area contributed by atoms with Crippen molar-refractivity contribution in [3.05, 3.63) is 0 Å². The van der Waals surface area contributed by atoms with Gasteiger partial charge in [0.1, 0.15) is 0 Å². The normalized spacial score (nSPS) is 29.1. The minimum absolute atomic E-state index is 0.131. The van der Waals surface area contributed by atoms with Crippen LogP contribution in [0.5, 0.6) is 0 Å². The fourth-order valence-corrected chi connectivity index (χ4v) is 7.01. The molecule has 1 fully saturated rings. The Balaban J connectivity index is 3.31. The molecule has 1 N–H and O–H groups in total. The Labute approximate surface area is 83.7 Å². The molecule has 5 nitrogen and oxygen atoms in total. The van der Waals surface area contributed by atoms with Crippen LogP contribution in [0.4, 0.5) is 13.2 Å². The molecule has 0 saturated carbocycles. The van der Waals surface area contributed by atoms with E-state index >= 15 is 0 Å². The van der Waals surface area contributed by atoms with Crippen LogP contribution in [0.2, 0.25) is 0 Å². The zero-order chi connectivity index (χ0) is 12.3. The smallest absolute Gasteiger partial charge is 0.379 e. The SMILES string of the molecule is CC(O)(C1S(=O)(=O)CS1(=O)=O)C(F)(F)F. The maximum Gasteiger partial charge on any atom is 0.419 e. The van der Waals surface area contributed by atoms with Crippen LogP contribution >= 0.6 is 0 Å². The van der Waals surface area contributed by atoms with E-state index in [-0.39, 0.29) is 6.92 Å². The van der Waals surface area contributed by atoms with Crippen LogP contribution in [-0.4, -0.2) is 43.4 Å². The molecule has 0 radical (unpaired) electrons. The predicted octanol–water partition coefficient (Wildman–Crippen LogP) is -0.574. The van der Waals surface area contributed by atoms with Crippen LogP contribution in [0.15, 0.2) is 0 Å². The second kappa shape index (κ2) is 2.86. The summed E-state index contributed by atoms with van der Waals surface area (Å²) in [6.45, 7) is 0.131. The van der Waals surface area contributed by atoms with E-state index in [0.29, 0.717) is 0 Å². The fraction of sp³-hybridized carbons (Fsp3) is 1.00. The van der Waals surface area contributed by atoms with Crippen molar-refractivity contribution >= 4 is 19.7 Å². The first kappa shape index (κ1) is 12.7. The standard InChI is InChI=1S/C5H7F3O5S2/c1-4(9,5(6,7)8)3-14(10,11)2-15(3,12)13/h3,9H,2H2,1H3. The molecule has 1 saturated heterocycles. The molecule has 15 heavy (non-hydrogen) atoms. The van der Waals surface area contributed by atoms with Crippen molar-refractivity contribution in [1.82, 2.24) is 0 Å². The summed E-state index contributed by atoms with van der Waals surface area (Å²) >= 11 is 0. The van der Waals surface area contributed by atoms with Crippen molar-refractivity contribution in [2.75, 3.05) is 5.08 Å². The lowest BCUT2D eigenvalue weighted by atomic mass is 10.1. The van der Waals surface area contributed by atoms with E-state index in [1.54, 1.807) is 0 Å². The van der Waals surface area contributed by atoms with E-state index in [0.717, 1.165) is 0 Å². The van der Waals surface area contributed by atoms with Crippen molar-refractivity contribution in [1.29, 1.82) is 0 Å². The number of alkyl halides is 3. The molecule has 1 unspecified atom stereocenters. The van der Waals surface area contributed by atoms with E-state index in [1.807, 2.05) is 0 Å². The van der Waals surface area contributed by atoms with Crippen LogP contribution < -0.4 is 0 Å². The Morgan fingerprint density at radius 2 is 1.47 bits per heavy atom. The molecule has 1 rings (SSSR count). The number of aliphatic hydroxyl groups is 1. The van der Waals surface area contributed by atoms with Gasteiger partial charge < -0.3 is 5.11 Å². The van der Waals surface area contributed by atoms with Gasteiger partial charge in [0, 0.05) is 0 Å². The van der Waals surface area contributed by atoms with E-state index in [4.69, 9.17) is 5.11 Å². The molecule has 1 aliphatic heterocycles. The van der Waals surface area contributed by atoms with Gasteiger partial charge in [-0.05, 0) is 6.92 Å². The highest BCUT2D eigenvalue weighted by Gasteiger charge is 2.69. The predicted molar refractivity (Wildman–Crippen MR) is 43.2 cm³/mol. The highest BCUT2D eigenvalue weighted by atomic mass is 32.3. The molecule has 0 aliphatic carbocycles. The summed E-state index contributed by atoms with van der Waals surface area (Å²) in [7, 11) is -8.86. The van der Waals surface area contributed by atoms with Gasteiger partial charge in [0.05, 0.1) is 0 Å². The minimum atomic E-state index is -5.32. The van der Waals surface area contributed by atoms with Crippen molar-refractivity contribution in [3.63, 3.8) is 0 Å². The molecular weight excluding hydrogens is 261 g/mol.